The van der Waals surface area contributed by atoms with E-state index in [0.717, 1.165) is 57.5 Å². The van der Waals surface area contributed by atoms with E-state index in [0.29, 0.717) is 19.0 Å². The number of H-pyrrole nitrogens is 1. The van der Waals surface area contributed by atoms with Crippen molar-refractivity contribution in [3.8, 4) is 11.1 Å². The summed E-state index contributed by atoms with van der Waals surface area (Å²) in [4.78, 5) is 8.15. The lowest BCUT2D eigenvalue weighted by Crippen LogP contribution is -2.45. The molecule has 6 nitrogen and oxygen atoms in total. The maximum absolute atomic E-state index is 13.0. The molecule has 7 heteroatoms. The van der Waals surface area contributed by atoms with Crippen LogP contribution in [0.5, 0.6) is 0 Å². The zero-order chi connectivity index (χ0) is 23.5. The van der Waals surface area contributed by atoms with Crippen LogP contribution >= 0.6 is 0 Å². The number of benzene rings is 2. The number of sulfonamides is 1. The summed E-state index contributed by atoms with van der Waals surface area (Å²) in [6.07, 6.45) is 4.60. The monoisotopic (exact) mass is 480 g/mol. The summed E-state index contributed by atoms with van der Waals surface area (Å²) >= 11 is 0. The zero-order valence-corrected chi connectivity index (χ0v) is 20.9. The number of aromatic amines is 1. The van der Waals surface area contributed by atoms with Gasteiger partial charge in [0.25, 0.3) is 0 Å². The predicted octanol–water partition coefficient (Wildman–Crippen LogP) is 3.98. The molecule has 2 saturated heterocycles. The molecule has 5 rings (SSSR count). The number of piperazine rings is 1. The third kappa shape index (κ3) is 5.23. The molecule has 0 spiro atoms. The van der Waals surface area contributed by atoms with Crippen molar-refractivity contribution in [3.05, 3.63) is 60.3 Å². The summed E-state index contributed by atoms with van der Waals surface area (Å²) in [5.74, 6) is 0.647. The molecule has 2 fully saturated rings. The Hall–Kier alpha value is -2.19. The van der Waals surface area contributed by atoms with Crippen molar-refractivity contribution in [3.63, 3.8) is 0 Å². The Morgan fingerprint density at radius 3 is 2.38 bits per heavy atom. The molecule has 2 aliphatic rings. The Kier molecular flexibility index (Phi) is 7.06. The fourth-order valence-electron chi connectivity index (χ4n) is 5.41. The molecule has 2 aromatic carbocycles. The van der Waals surface area contributed by atoms with Gasteiger partial charge in [-0.3, -0.25) is 0 Å². The average molecular weight is 481 g/mol. The smallest absolute Gasteiger partial charge is 0.214 e. The molecule has 0 unspecified atom stereocenters. The molecule has 182 valence electrons. The van der Waals surface area contributed by atoms with Crippen molar-refractivity contribution in [1.29, 1.82) is 0 Å². The van der Waals surface area contributed by atoms with E-state index < -0.39 is 10.0 Å². The van der Waals surface area contributed by atoms with E-state index in [9.17, 15) is 8.42 Å². The minimum Gasteiger partial charge on any atom is -0.361 e. The summed E-state index contributed by atoms with van der Waals surface area (Å²) in [6, 6.07) is 17.0. The average Bonchev–Trinajstić information content (AvgIpc) is 3.29. The standard InChI is InChI=1S/C27H36N4O2S/c1-29-15-17-30(18-16-29)12-5-19-34(32,33)31-13-10-23(11-14-31)26-21-28-27-9-8-24(20-25(26)27)22-6-3-2-4-7-22/h2-4,6-9,20-21,23,28H,5,10-19H2,1H3. The Morgan fingerprint density at radius 1 is 0.912 bits per heavy atom. The molecule has 2 aliphatic heterocycles. The number of nitrogens with one attached hydrogen (secondary N) is 1. The van der Waals surface area contributed by atoms with Crippen LogP contribution in [0.2, 0.25) is 0 Å². The molecule has 3 heterocycles. The van der Waals surface area contributed by atoms with Crippen LogP contribution in [0.4, 0.5) is 0 Å². The van der Waals surface area contributed by atoms with Crippen molar-refractivity contribution in [1.82, 2.24) is 19.1 Å². The summed E-state index contributed by atoms with van der Waals surface area (Å²) < 4.78 is 27.7. The molecule has 0 bridgehead atoms. The highest BCUT2D eigenvalue weighted by Gasteiger charge is 2.29. The summed E-state index contributed by atoms with van der Waals surface area (Å²) in [5.41, 5.74) is 4.90. The van der Waals surface area contributed by atoms with Crippen LogP contribution in [0.1, 0.15) is 30.7 Å². The topological polar surface area (TPSA) is 59.7 Å². The van der Waals surface area contributed by atoms with Crippen molar-refractivity contribution in [2.45, 2.75) is 25.2 Å². The first-order valence-electron chi connectivity index (χ1n) is 12.5. The van der Waals surface area contributed by atoms with Crippen molar-refractivity contribution in [2.24, 2.45) is 0 Å². The van der Waals surface area contributed by atoms with Crippen molar-refractivity contribution < 1.29 is 8.42 Å². The van der Waals surface area contributed by atoms with Crippen LogP contribution in [0, 0.1) is 0 Å². The van der Waals surface area contributed by atoms with Crippen LogP contribution in [0.15, 0.2) is 54.7 Å². The highest BCUT2D eigenvalue weighted by molar-refractivity contribution is 7.89. The summed E-state index contributed by atoms with van der Waals surface area (Å²) in [5, 5.41) is 1.26. The predicted molar refractivity (Wildman–Crippen MR) is 140 cm³/mol. The number of nitrogens with zero attached hydrogens (tertiary/aromatic N) is 3. The van der Waals surface area contributed by atoms with Crippen LogP contribution in [0.25, 0.3) is 22.0 Å². The number of hydrogen-bond acceptors (Lipinski definition) is 4. The fourth-order valence-corrected chi connectivity index (χ4v) is 6.93. The first kappa shape index (κ1) is 23.5. The van der Waals surface area contributed by atoms with Crippen molar-refractivity contribution in [2.75, 3.05) is 58.6 Å². The normalized spacial score (nSPS) is 19.7. The molecule has 3 aromatic rings. The lowest BCUT2D eigenvalue weighted by molar-refractivity contribution is 0.154. The van der Waals surface area contributed by atoms with Gasteiger partial charge in [-0.1, -0.05) is 36.4 Å². The SMILES string of the molecule is CN1CCN(CCCS(=O)(=O)N2CCC(c3c[nH]c4ccc(-c5ccccc5)cc34)CC2)CC1. The molecule has 0 atom stereocenters. The summed E-state index contributed by atoms with van der Waals surface area (Å²) in [7, 11) is -1.04. The Bertz CT molecular complexity index is 1190. The second-order valence-corrected chi connectivity index (χ2v) is 11.9. The molecule has 1 N–H and O–H groups in total. The second-order valence-electron chi connectivity index (χ2n) is 9.86. The van der Waals surface area contributed by atoms with E-state index in [-0.39, 0.29) is 5.75 Å². The number of aromatic nitrogens is 1. The molecule has 0 amide bonds. The van der Waals surface area contributed by atoms with Gasteiger partial charge in [0.15, 0.2) is 0 Å². The third-order valence-corrected chi connectivity index (χ3v) is 9.54. The molecule has 34 heavy (non-hydrogen) atoms. The van der Waals surface area contributed by atoms with E-state index >= 15 is 0 Å². The third-order valence-electron chi connectivity index (χ3n) is 7.58. The van der Waals surface area contributed by atoms with Gasteiger partial charge in [0.05, 0.1) is 5.75 Å². The molecular weight excluding hydrogens is 444 g/mol. The van der Waals surface area contributed by atoms with Gasteiger partial charge in [-0.25, -0.2) is 12.7 Å². The second kappa shape index (κ2) is 10.2. The van der Waals surface area contributed by atoms with Crippen molar-refractivity contribution >= 4 is 20.9 Å². The van der Waals surface area contributed by atoms with Gasteiger partial charge in [0.1, 0.15) is 0 Å². The number of piperidine rings is 1. The van der Waals surface area contributed by atoms with E-state index in [2.05, 4.69) is 70.5 Å². The molecule has 0 saturated carbocycles. The minimum absolute atomic E-state index is 0.261. The number of likely N-dealkylation sites (N-methyl/N-ethyl adjacent to an activating group) is 1. The molecular formula is C27H36N4O2S. The first-order chi connectivity index (χ1) is 16.5. The van der Waals surface area contributed by atoms with E-state index in [1.165, 1.54) is 22.1 Å². The number of rotatable bonds is 7. The van der Waals surface area contributed by atoms with Gasteiger partial charge in [-0.2, -0.15) is 0 Å². The Labute approximate surface area is 203 Å². The maximum atomic E-state index is 13.0. The van der Waals surface area contributed by atoms with Gasteiger partial charge >= 0.3 is 0 Å². The molecule has 1 aromatic heterocycles. The van der Waals surface area contributed by atoms with Gasteiger partial charge in [0.2, 0.25) is 10.0 Å². The lowest BCUT2D eigenvalue weighted by atomic mass is 9.89. The van der Waals surface area contributed by atoms with E-state index in [4.69, 9.17) is 0 Å². The van der Waals surface area contributed by atoms with Crippen LogP contribution in [0.3, 0.4) is 0 Å². The largest absolute Gasteiger partial charge is 0.361 e. The number of fused-ring (bicyclic) bond motifs is 1. The highest BCUT2D eigenvalue weighted by Crippen LogP contribution is 2.35. The lowest BCUT2D eigenvalue weighted by Gasteiger charge is -2.33. The minimum atomic E-state index is -3.18. The summed E-state index contributed by atoms with van der Waals surface area (Å²) in [6.45, 7) is 6.33. The van der Waals surface area contributed by atoms with E-state index in [1.807, 2.05) is 6.07 Å². The van der Waals surface area contributed by atoms with Crippen LogP contribution in [-0.2, 0) is 10.0 Å². The fraction of sp³-hybridized carbons (Fsp3) is 0.481. The molecule has 0 radical (unpaired) electrons. The Balaban J connectivity index is 1.19. The van der Waals surface area contributed by atoms with Crippen LogP contribution in [-0.4, -0.2) is 86.1 Å². The van der Waals surface area contributed by atoms with Gasteiger partial charge in [-0.15, -0.1) is 0 Å². The van der Waals surface area contributed by atoms with Gasteiger partial charge in [-0.05, 0) is 67.6 Å². The van der Waals surface area contributed by atoms with Gasteiger partial charge < -0.3 is 14.8 Å². The highest BCUT2D eigenvalue weighted by atomic mass is 32.2. The maximum Gasteiger partial charge on any atom is 0.214 e. The van der Waals surface area contributed by atoms with E-state index in [1.54, 1.807) is 4.31 Å². The van der Waals surface area contributed by atoms with Crippen LogP contribution < -0.4 is 0 Å². The quantitative estimate of drug-likeness (QED) is 0.556. The zero-order valence-electron chi connectivity index (χ0n) is 20.1. The number of hydrogen-bond donors (Lipinski definition) is 1. The molecule has 0 aliphatic carbocycles. The van der Waals surface area contributed by atoms with Gasteiger partial charge in [0, 0.05) is 56.4 Å². The first-order valence-corrected chi connectivity index (χ1v) is 14.2. The Morgan fingerprint density at radius 2 is 1.65 bits per heavy atom.